The van der Waals surface area contributed by atoms with Crippen LogP contribution in [0.5, 0.6) is 0 Å². The third-order valence-electron chi connectivity index (χ3n) is 6.34. The molecule has 0 saturated carbocycles. The van der Waals surface area contributed by atoms with E-state index < -0.39 is 11.8 Å². The van der Waals surface area contributed by atoms with Gasteiger partial charge in [-0.2, -0.15) is 0 Å². The number of aromatic nitrogens is 4. The van der Waals surface area contributed by atoms with Gasteiger partial charge in [0.15, 0.2) is 11.5 Å². The van der Waals surface area contributed by atoms with Gasteiger partial charge in [0.25, 0.3) is 0 Å². The molecule has 184 valence electrons. The number of halogens is 1. The van der Waals surface area contributed by atoms with Gasteiger partial charge in [0.2, 0.25) is 0 Å². The van der Waals surface area contributed by atoms with E-state index in [0.717, 1.165) is 16.6 Å². The van der Waals surface area contributed by atoms with E-state index in [9.17, 15) is 14.3 Å². The maximum atomic E-state index is 14.5. The Morgan fingerprint density at radius 1 is 1.00 bits per heavy atom. The van der Waals surface area contributed by atoms with Crippen molar-refractivity contribution < 1.29 is 19.0 Å². The molecule has 8 nitrogen and oxygen atoms in total. The Bertz CT molecular complexity index is 1670. The number of rotatable bonds is 5. The number of carboxylic acids is 1. The van der Waals surface area contributed by atoms with Crippen LogP contribution in [0.15, 0.2) is 67.0 Å². The third-order valence-corrected chi connectivity index (χ3v) is 6.34. The lowest BCUT2D eigenvalue weighted by Gasteiger charge is -2.28. The summed E-state index contributed by atoms with van der Waals surface area (Å²) in [4.78, 5) is 27.6. The number of imidazole rings is 1. The largest absolute Gasteiger partial charge is 0.478 e. The summed E-state index contributed by atoms with van der Waals surface area (Å²) in [6.07, 6.45) is 7.30. The Hall–Kier alpha value is -4.63. The van der Waals surface area contributed by atoms with Crippen molar-refractivity contribution in [2.45, 2.75) is 0 Å². The highest BCUT2D eigenvalue weighted by molar-refractivity contribution is 5.89. The zero-order chi connectivity index (χ0) is 25.4. The molecule has 2 aromatic carbocycles. The molecule has 3 aromatic heterocycles. The van der Waals surface area contributed by atoms with E-state index >= 15 is 0 Å². The first-order chi connectivity index (χ1) is 18.1. The Morgan fingerprint density at radius 2 is 1.81 bits per heavy atom. The van der Waals surface area contributed by atoms with Crippen molar-refractivity contribution in [2.75, 3.05) is 31.2 Å². The molecule has 0 spiro atoms. The fourth-order valence-corrected chi connectivity index (χ4v) is 4.47. The minimum absolute atomic E-state index is 0.380. The fourth-order valence-electron chi connectivity index (χ4n) is 4.47. The zero-order valence-electron chi connectivity index (χ0n) is 19.7. The summed E-state index contributed by atoms with van der Waals surface area (Å²) < 4.78 is 21.9. The van der Waals surface area contributed by atoms with Crippen molar-refractivity contribution in [3.63, 3.8) is 0 Å². The van der Waals surface area contributed by atoms with E-state index in [-0.39, 0.29) is 5.56 Å². The summed E-state index contributed by atoms with van der Waals surface area (Å²) in [7, 11) is 0. The summed E-state index contributed by atoms with van der Waals surface area (Å²) in [6.45, 7) is 2.56. The Morgan fingerprint density at radius 3 is 2.62 bits per heavy atom. The number of para-hydroxylation sites is 1. The number of aromatic carboxylic acids is 1. The second-order valence-electron chi connectivity index (χ2n) is 8.69. The van der Waals surface area contributed by atoms with Crippen LogP contribution in [0.2, 0.25) is 0 Å². The van der Waals surface area contributed by atoms with Gasteiger partial charge in [-0.15, -0.1) is 0 Å². The first-order valence-corrected chi connectivity index (χ1v) is 11.8. The smallest absolute Gasteiger partial charge is 0.338 e. The number of benzene rings is 2. The molecule has 0 aliphatic carbocycles. The molecule has 6 rings (SSSR count). The van der Waals surface area contributed by atoms with Crippen molar-refractivity contribution in [2.24, 2.45) is 0 Å². The predicted molar refractivity (Wildman–Crippen MR) is 139 cm³/mol. The lowest BCUT2D eigenvalue weighted by atomic mass is 10.1. The van der Waals surface area contributed by atoms with Gasteiger partial charge in [0, 0.05) is 30.2 Å². The number of anilines is 1. The van der Waals surface area contributed by atoms with Crippen LogP contribution in [-0.4, -0.2) is 56.7 Å². The SMILES string of the molecule is O=C(O)c1ccc(-c2cnc(N3CCOCC3)c3nc(/C=C/c4ccc5ccccc5n4)cn23)cc1F. The average molecular weight is 496 g/mol. The highest BCUT2D eigenvalue weighted by Gasteiger charge is 2.20. The predicted octanol–water partition coefficient (Wildman–Crippen LogP) is 4.79. The number of fused-ring (bicyclic) bond motifs is 2. The van der Waals surface area contributed by atoms with Crippen LogP contribution in [0.1, 0.15) is 21.7 Å². The van der Waals surface area contributed by atoms with Gasteiger partial charge in [-0.3, -0.25) is 4.40 Å². The minimum atomic E-state index is -1.31. The van der Waals surface area contributed by atoms with E-state index in [1.165, 1.54) is 12.1 Å². The van der Waals surface area contributed by atoms with Gasteiger partial charge in [-0.05, 0) is 36.4 Å². The molecule has 1 N–H and O–H groups in total. The van der Waals surface area contributed by atoms with Gasteiger partial charge in [-0.25, -0.2) is 24.1 Å². The second kappa shape index (κ2) is 9.44. The first-order valence-electron chi connectivity index (χ1n) is 11.8. The van der Waals surface area contributed by atoms with Gasteiger partial charge >= 0.3 is 5.97 Å². The quantitative estimate of drug-likeness (QED) is 0.375. The lowest BCUT2D eigenvalue weighted by Crippen LogP contribution is -2.37. The minimum Gasteiger partial charge on any atom is -0.478 e. The van der Waals surface area contributed by atoms with Crippen LogP contribution in [0.4, 0.5) is 10.2 Å². The molecule has 0 atom stereocenters. The highest BCUT2D eigenvalue weighted by Crippen LogP contribution is 2.28. The summed E-state index contributed by atoms with van der Waals surface area (Å²) in [5.74, 6) is -1.41. The van der Waals surface area contributed by atoms with Crippen molar-refractivity contribution >= 4 is 40.5 Å². The van der Waals surface area contributed by atoms with Crippen LogP contribution in [-0.2, 0) is 4.74 Å². The Labute approximate surface area is 211 Å². The highest BCUT2D eigenvalue weighted by atomic mass is 19.1. The standard InChI is InChI=1S/C28H22FN5O3/c29-23-15-19(6-10-22(23)28(35)36)25-16-30-26(33-11-13-37-14-12-33)27-32-21(17-34(25)27)9-8-20-7-5-18-3-1-2-4-24(18)31-20/h1-10,15-17H,11-14H2,(H,35,36)/b9-8+. The van der Waals surface area contributed by atoms with Gasteiger partial charge in [0.05, 0.1) is 47.6 Å². The molecular weight excluding hydrogens is 473 g/mol. The van der Waals surface area contributed by atoms with Crippen molar-refractivity contribution in [1.29, 1.82) is 0 Å². The molecule has 37 heavy (non-hydrogen) atoms. The van der Waals surface area contributed by atoms with Crippen LogP contribution in [0.3, 0.4) is 0 Å². The monoisotopic (exact) mass is 495 g/mol. The van der Waals surface area contributed by atoms with Crippen molar-refractivity contribution in [3.05, 3.63) is 89.8 Å². The number of pyridine rings is 1. The average Bonchev–Trinajstić information content (AvgIpc) is 3.36. The zero-order valence-corrected chi connectivity index (χ0v) is 19.7. The van der Waals surface area contributed by atoms with Crippen LogP contribution in [0.25, 0.3) is 40.0 Å². The third kappa shape index (κ3) is 4.41. The maximum absolute atomic E-state index is 14.5. The summed E-state index contributed by atoms with van der Waals surface area (Å²) in [6, 6.07) is 16.0. The van der Waals surface area contributed by atoms with Crippen molar-refractivity contribution in [3.8, 4) is 11.3 Å². The van der Waals surface area contributed by atoms with Gasteiger partial charge in [-0.1, -0.05) is 30.3 Å². The van der Waals surface area contributed by atoms with Crippen LogP contribution >= 0.6 is 0 Å². The van der Waals surface area contributed by atoms with E-state index in [1.54, 1.807) is 12.3 Å². The molecule has 1 saturated heterocycles. The molecule has 0 amide bonds. The molecule has 0 bridgehead atoms. The lowest BCUT2D eigenvalue weighted by molar-refractivity contribution is 0.0692. The van der Waals surface area contributed by atoms with E-state index in [2.05, 4.69) is 14.9 Å². The molecule has 0 unspecified atom stereocenters. The molecule has 5 aromatic rings. The second-order valence-corrected chi connectivity index (χ2v) is 8.69. The molecular formula is C28H22FN5O3. The fraction of sp³-hybridized carbons (Fsp3) is 0.143. The van der Waals surface area contributed by atoms with Gasteiger partial charge in [0.1, 0.15) is 5.82 Å². The number of carboxylic acid groups (broad SMARTS) is 1. The normalized spacial score (nSPS) is 14.1. The van der Waals surface area contributed by atoms with Gasteiger partial charge < -0.3 is 14.7 Å². The molecule has 1 fully saturated rings. The summed E-state index contributed by atoms with van der Waals surface area (Å²) in [5, 5.41) is 10.3. The Balaban J connectivity index is 1.44. The summed E-state index contributed by atoms with van der Waals surface area (Å²) >= 11 is 0. The number of carbonyl (C=O) groups is 1. The molecule has 9 heteroatoms. The maximum Gasteiger partial charge on any atom is 0.338 e. The van der Waals surface area contributed by atoms with Crippen LogP contribution < -0.4 is 4.90 Å². The number of hydrogen-bond donors (Lipinski definition) is 1. The van der Waals surface area contributed by atoms with E-state index in [0.29, 0.717) is 54.7 Å². The molecule has 1 aliphatic heterocycles. The van der Waals surface area contributed by atoms with Crippen molar-refractivity contribution in [1.82, 2.24) is 19.4 Å². The number of ether oxygens (including phenoxy) is 1. The molecule has 0 radical (unpaired) electrons. The van der Waals surface area contributed by atoms with E-state index in [4.69, 9.17) is 9.72 Å². The number of hydrogen-bond acceptors (Lipinski definition) is 6. The first kappa shape index (κ1) is 22.8. The number of morpholine rings is 1. The molecule has 4 heterocycles. The summed E-state index contributed by atoms with van der Waals surface area (Å²) in [5.41, 5.74) is 3.72. The van der Waals surface area contributed by atoms with E-state index in [1.807, 2.05) is 59.1 Å². The van der Waals surface area contributed by atoms with Crippen LogP contribution in [0, 0.1) is 5.82 Å². The topological polar surface area (TPSA) is 92.8 Å². The number of nitrogens with zero attached hydrogens (tertiary/aromatic N) is 5. The molecule has 1 aliphatic rings. The Kier molecular flexibility index (Phi) is 5.82.